The Kier molecular flexibility index (Phi) is 6.26. The van der Waals surface area contributed by atoms with Gasteiger partial charge in [-0.3, -0.25) is 9.59 Å². The van der Waals surface area contributed by atoms with Gasteiger partial charge in [0.15, 0.2) is 0 Å². The molecule has 2 aromatic carbocycles. The maximum absolute atomic E-state index is 12.3. The van der Waals surface area contributed by atoms with E-state index in [0.717, 1.165) is 45.1 Å². The van der Waals surface area contributed by atoms with E-state index in [1.54, 1.807) is 0 Å². The Morgan fingerprint density at radius 1 is 0.962 bits per heavy atom. The van der Waals surface area contributed by atoms with E-state index in [1.807, 2.05) is 12.1 Å². The summed E-state index contributed by atoms with van der Waals surface area (Å²) in [6.07, 6.45) is 5.94. The number of hydrogen-bond donors (Lipinski definition) is 2. The van der Waals surface area contributed by atoms with Crippen molar-refractivity contribution in [3.8, 4) is 0 Å². The summed E-state index contributed by atoms with van der Waals surface area (Å²) in [6, 6.07) is 14.8. The number of carbonyl (C=O) groups excluding carboxylic acids is 1. The summed E-state index contributed by atoms with van der Waals surface area (Å²) in [6.45, 7) is 0.721. The topological polar surface area (TPSA) is 66.4 Å². The summed E-state index contributed by atoms with van der Waals surface area (Å²) in [5, 5.41) is 14.1. The molecule has 2 N–H and O–H groups in total. The summed E-state index contributed by atoms with van der Waals surface area (Å²) in [5.41, 5.74) is 1.27. The molecule has 2 aromatic rings. The molecule has 138 valence electrons. The highest BCUT2D eigenvalue weighted by Gasteiger charge is 2.43. The molecular weight excluding hydrogens is 326 g/mol. The third-order valence-electron chi connectivity index (χ3n) is 5.20. The molecule has 1 saturated carbocycles. The molecule has 0 aliphatic heterocycles. The van der Waals surface area contributed by atoms with Crippen LogP contribution in [0, 0.1) is 5.92 Å². The van der Waals surface area contributed by atoms with Crippen LogP contribution in [-0.4, -0.2) is 23.5 Å². The first-order valence-electron chi connectivity index (χ1n) is 9.63. The lowest BCUT2D eigenvalue weighted by Crippen LogP contribution is -2.26. The van der Waals surface area contributed by atoms with Crippen molar-refractivity contribution in [3.05, 3.63) is 48.0 Å². The fourth-order valence-corrected chi connectivity index (χ4v) is 3.57. The number of carboxylic acids is 1. The summed E-state index contributed by atoms with van der Waals surface area (Å²) >= 11 is 0. The standard InChI is InChI=1S/C22H27NO3/c24-21(25)10-4-2-1-3-7-13-23-22(26)20-15-19(20)18-12-11-16-8-5-6-9-17(16)14-18/h5-6,8-9,11-12,14,19-20H,1-4,7,10,13,15H2,(H,23,26)(H,24,25). The van der Waals surface area contributed by atoms with E-state index in [2.05, 4.69) is 35.6 Å². The summed E-state index contributed by atoms with van der Waals surface area (Å²) < 4.78 is 0. The van der Waals surface area contributed by atoms with E-state index < -0.39 is 5.97 Å². The SMILES string of the molecule is O=C(O)CCCCCCCNC(=O)C1CC1c1ccc2ccccc2c1. The molecule has 0 spiro atoms. The number of aliphatic carboxylic acids is 1. The van der Waals surface area contributed by atoms with Gasteiger partial charge < -0.3 is 10.4 Å². The third kappa shape index (κ3) is 5.07. The highest BCUT2D eigenvalue weighted by molar-refractivity contribution is 5.85. The molecule has 0 saturated heterocycles. The van der Waals surface area contributed by atoms with Crippen molar-refractivity contribution < 1.29 is 14.7 Å². The van der Waals surface area contributed by atoms with Crippen molar-refractivity contribution in [2.24, 2.45) is 5.92 Å². The van der Waals surface area contributed by atoms with Gasteiger partial charge in [-0.25, -0.2) is 0 Å². The van der Waals surface area contributed by atoms with E-state index in [9.17, 15) is 9.59 Å². The summed E-state index contributed by atoms with van der Waals surface area (Å²) in [7, 11) is 0. The minimum absolute atomic E-state index is 0.117. The molecule has 0 radical (unpaired) electrons. The average molecular weight is 353 g/mol. The molecule has 0 bridgehead atoms. The van der Waals surface area contributed by atoms with E-state index in [4.69, 9.17) is 5.11 Å². The Bertz CT molecular complexity index is 771. The Morgan fingerprint density at radius 2 is 1.69 bits per heavy atom. The Balaban J connectivity index is 1.34. The molecule has 1 amide bonds. The number of carboxylic acid groups (broad SMARTS) is 1. The predicted molar refractivity (Wildman–Crippen MR) is 103 cm³/mol. The molecule has 26 heavy (non-hydrogen) atoms. The number of amides is 1. The monoisotopic (exact) mass is 353 g/mol. The van der Waals surface area contributed by atoms with Crippen molar-refractivity contribution >= 4 is 22.6 Å². The van der Waals surface area contributed by atoms with Crippen LogP contribution in [0.2, 0.25) is 0 Å². The normalized spacial score (nSPS) is 18.6. The zero-order chi connectivity index (χ0) is 18.4. The van der Waals surface area contributed by atoms with Crippen molar-refractivity contribution in [2.75, 3.05) is 6.54 Å². The molecule has 0 heterocycles. The number of rotatable bonds is 10. The molecule has 0 aromatic heterocycles. The zero-order valence-corrected chi connectivity index (χ0v) is 15.1. The van der Waals surface area contributed by atoms with Gasteiger partial charge in [-0.15, -0.1) is 0 Å². The van der Waals surface area contributed by atoms with E-state index in [0.29, 0.717) is 5.92 Å². The molecule has 1 aliphatic carbocycles. The lowest BCUT2D eigenvalue weighted by Gasteiger charge is -2.06. The van der Waals surface area contributed by atoms with Crippen molar-refractivity contribution in [3.63, 3.8) is 0 Å². The maximum Gasteiger partial charge on any atom is 0.303 e. The van der Waals surface area contributed by atoms with Crippen LogP contribution in [0.25, 0.3) is 10.8 Å². The van der Waals surface area contributed by atoms with Crippen LogP contribution in [0.5, 0.6) is 0 Å². The fraction of sp³-hybridized carbons (Fsp3) is 0.455. The largest absolute Gasteiger partial charge is 0.481 e. The molecule has 2 atom stereocenters. The van der Waals surface area contributed by atoms with Crippen LogP contribution in [0.3, 0.4) is 0 Å². The lowest BCUT2D eigenvalue weighted by molar-refractivity contribution is -0.137. The van der Waals surface area contributed by atoms with Crippen LogP contribution in [-0.2, 0) is 9.59 Å². The number of fused-ring (bicyclic) bond motifs is 1. The third-order valence-corrected chi connectivity index (χ3v) is 5.20. The van der Waals surface area contributed by atoms with Gasteiger partial charge in [-0.05, 0) is 41.5 Å². The van der Waals surface area contributed by atoms with Gasteiger partial charge in [0.25, 0.3) is 0 Å². The summed E-state index contributed by atoms with van der Waals surface area (Å²) in [4.78, 5) is 22.7. The lowest BCUT2D eigenvalue weighted by atomic mass is 10.0. The smallest absolute Gasteiger partial charge is 0.303 e. The molecule has 4 heteroatoms. The molecule has 1 fully saturated rings. The highest BCUT2D eigenvalue weighted by atomic mass is 16.4. The van der Waals surface area contributed by atoms with Gasteiger partial charge in [0, 0.05) is 18.9 Å². The second-order valence-electron chi connectivity index (χ2n) is 7.26. The van der Waals surface area contributed by atoms with Gasteiger partial charge in [0.05, 0.1) is 0 Å². The van der Waals surface area contributed by atoms with Crippen LogP contribution < -0.4 is 5.32 Å². The number of benzene rings is 2. The first-order chi connectivity index (χ1) is 12.6. The Hall–Kier alpha value is -2.36. The van der Waals surface area contributed by atoms with Gasteiger partial charge in [-0.1, -0.05) is 61.7 Å². The Labute approximate surface area is 154 Å². The minimum Gasteiger partial charge on any atom is -0.481 e. The summed E-state index contributed by atoms with van der Waals surface area (Å²) in [5.74, 6) is -0.0703. The van der Waals surface area contributed by atoms with Crippen molar-refractivity contribution in [1.82, 2.24) is 5.32 Å². The van der Waals surface area contributed by atoms with Crippen LogP contribution >= 0.6 is 0 Å². The highest BCUT2D eigenvalue weighted by Crippen LogP contribution is 2.48. The predicted octanol–water partition coefficient (Wildman–Crippen LogP) is 4.48. The zero-order valence-electron chi connectivity index (χ0n) is 15.1. The van der Waals surface area contributed by atoms with Gasteiger partial charge in [-0.2, -0.15) is 0 Å². The number of nitrogens with one attached hydrogen (secondary N) is 1. The van der Waals surface area contributed by atoms with E-state index in [-0.39, 0.29) is 18.2 Å². The fourth-order valence-electron chi connectivity index (χ4n) is 3.57. The quantitative estimate of drug-likeness (QED) is 0.619. The molecule has 4 nitrogen and oxygen atoms in total. The van der Waals surface area contributed by atoms with Crippen molar-refractivity contribution in [2.45, 2.75) is 50.9 Å². The van der Waals surface area contributed by atoms with E-state index >= 15 is 0 Å². The van der Waals surface area contributed by atoms with Crippen LogP contribution in [0.4, 0.5) is 0 Å². The van der Waals surface area contributed by atoms with E-state index in [1.165, 1.54) is 16.3 Å². The van der Waals surface area contributed by atoms with Gasteiger partial charge in [0.1, 0.15) is 0 Å². The molecular formula is C22H27NO3. The first kappa shape index (κ1) is 18.4. The average Bonchev–Trinajstić information content (AvgIpc) is 3.44. The number of unbranched alkanes of at least 4 members (excludes halogenated alkanes) is 4. The Morgan fingerprint density at radius 3 is 2.50 bits per heavy atom. The van der Waals surface area contributed by atoms with Crippen molar-refractivity contribution in [1.29, 1.82) is 0 Å². The number of carbonyl (C=O) groups is 2. The second-order valence-corrected chi connectivity index (χ2v) is 7.26. The molecule has 3 rings (SSSR count). The van der Waals surface area contributed by atoms with Crippen LogP contribution in [0.15, 0.2) is 42.5 Å². The molecule has 2 unspecified atom stereocenters. The van der Waals surface area contributed by atoms with Gasteiger partial charge >= 0.3 is 5.97 Å². The minimum atomic E-state index is -0.720. The second kappa shape index (κ2) is 8.84. The first-order valence-corrected chi connectivity index (χ1v) is 9.63. The maximum atomic E-state index is 12.3. The van der Waals surface area contributed by atoms with Gasteiger partial charge in [0.2, 0.25) is 5.91 Å². The van der Waals surface area contributed by atoms with Crippen LogP contribution in [0.1, 0.15) is 56.4 Å². The number of hydrogen-bond acceptors (Lipinski definition) is 2. The molecule has 1 aliphatic rings.